The molecular weight excluding hydrogens is 691 g/mol. The largest absolute Gasteiger partial charge is 0.405 e. The molecule has 0 spiro atoms. The van der Waals surface area contributed by atoms with Crippen molar-refractivity contribution in [3.8, 4) is 0 Å². The Morgan fingerprint density at radius 2 is 0.593 bits per heavy atom. The fourth-order valence-electron chi connectivity index (χ4n) is 6.86. The normalized spacial score (nSPS) is 12.0. The Bertz CT molecular complexity index is 698. The van der Waals surface area contributed by atoms with E-state index in [1.54, 1.807) is 0 Å². The van der Waals surface area contributed by atoms with E-state index in [0.29, 0.717) is 26.3 Å². The Morgan fingerprint density at radius 3 is 0.870 bits per heavy atom. The van der Waals surface area contributed by atoms with Crippen molar-refractivity contribution in [3.63, 3.8) is 0 Å². The first-order valence-corrected chi connectivity index (χ1v) is 25.4. The molecule has 54 heavy (non-hydrogen) atoms. The van der Waals surface area contributed by atoms with Crippen LogP contribution in [0.1, 0.15) is 206 Å². The first-order valence-electron chi connectivity index (χ1n) is 23.9. The van der Waals surface area contributed by atoms with Gasteiger partial charge in [-0.3, -0.25) is 9.05 Å². The first kappa shape index (κ1) is 53.9. The predicted molar refractivity (Wildman–Crippen MR) is 238 cm³/mol. The van der Waals surface area contributed by atoms with Crippen LogP contribution in [0, 0.1) is 0 Å². The van der Waals surface area contributed by atoms with Gasteiger partial charge >= 0.3 is 7.75 Å². The van der Waals surface area contributed by atoms with Gasteiger partial charge in [-0.1, -0.05) is 194 Å². The first-order chi connectivity index (χ1) is 26.7. The maximum absolute atomic E-state index is 13.6. The number of nitrogens with two attached hydrogens (primary N) is 1. The Balaban J connectivity index is 4.07. The third-order valence-corrected chi connectivity index (χ3v) is 12.0. The van der Waals surface area contributed by atoms with Crippen molar-refractivity contribution in [2.24, 2.45) is 5.73 Å². The number of nitrogens with one attached hydrogen (secondary N) is 5. The van der Waals surface area contributed by atoms with Gasteiger partial charge in [-0.15, -0.1) is 0 Å². The molecule has 326 valence electrons. The number of rotatable bonds is 49. The Labute approximate surface area is 337 Å². The van der Waals surface area contributed by atoms with Crippen LogP contribution >= 0.6 is 7.75 Å². The Hall–Kier alpha value is -0.0900. The van der Waals surface area contributed by atoms with E-state index < -0.39 is 7.75 Å². The minimum atomic E-state index is -3.31. The second-order valence-corrected chi connectivity index (χ2v) is 17.6. The lowest BCUT2D eigenvalue weighted by Crippen LogP contribution is -2.36. The molecule has 0 aliphatic rings. The summed E-state index contributed by atoms with van der Waals surface area (Å²) in [5.74, 6) is 0. The second-order valence-electron chi connectivity index (χ2n) is 15.8. The highest BCUT2D eigenvalue weighted by Gasteiger charge is 2.23. The topological polar surface area (TPSA) is 122 Å². The van der Waals surface area contributed by atoms with Gasteiger partial charge in [-0.2, -0.15) is 0 Å². The molecule has 0 aliphatic heterocycles. The molecule has 0 atom stereocenters. The number of hydrogen-bond donors (Lipinski definition) is 6. The van der Waals surface area contributed by atoms with Gasteiger partial charge in [0.05, 0.1) is 13.2 Å². The lowest BCUT2D eigenvalue weighted by molar-refractivity contribution is 0.189. The van der Waals surface area contributed by atoms with Crippen molar-refractivity contribution in [1.29, 1.82) is 0 Å². The fraction of sp³-hybridized carbons (Fsp3) is 1.00. The number of unbranched alkanes of at least 4 members (excludes halogenated alkanes) is 28. The maximum Gasteiger partial charge on any atom is 0.405 e. The zero-order chi connectivity index (χ0) is 39.1. The second kappa shape index (κ2) is 47.3. The van der Waals surface area contributed by atoms with Crippen molar-refractivity contribution in [2.45, 2.75) is 206 Å². The van der Waals surface area contributed by atoms with Gasteiger partial charge in [0.2, 0.25) is 0 Å². The van der Waals surface area contributed by atoms with E-state index in [2.05, 4.69) is 40.2 Å². The van der Waals surface area contributed by atoms with E-state index >= 15 is 0 Å². The lowest BCUT2D eigenvalue weighted by Gasteiger charge is -2.20. The summed E-state index contributed by atoms with van der Waals surface area (Å²) in [7, 11) is -3.31. The van der Waals surface area contributed by atoms with Gasteiger partial charge in [0, 0.05) is 65.4 Å². The maximum atomic E-state index is 13.6. The zero-order valence-electron chi connectivity index (χ0n) is 36.4. The molecule has 9 nitrogen and oxygen atoms in total. The van der Waals surface area contributed by atoms with Crippen molar-refractivity contribution in [2.75, 3.05) is 78.7 Å². The molecule has 0 amide bonds. The monoisotopic (exact) mass is 789 g/mol. The average molecular weight is 789 g/mol. The summed E-state index contributed by atoms with van der Waals surface area (Å²) in [5.41, 5.74) is 5.49. The minimum absolute atomic E-state index is 0.496. The molecule has 10 heteroatoms. The van der Waals surface area contributed by atoms with E-state index in [1.165, 1.54) is 167 Å². The third-order valence-electron chi connectivity index (χ3n) is 10.4. The van der Waals surface area contributed by atoms with Crippen molar-refractivity contribution in [1.82, 2.24) is 26.4 Å². The average Bonchev–Trinajstić information content (AvgIpc) is 3.17. The van der Waals surface area contributed by atoms with Crippen LogP contribution in [-0.2, 0) is 13.6 Å². The summed E-state index contributed by atoms with van der Waals surface area (Å²) in [5, 5.41) is 16.7. The van der Waals surface area contributed by atoms with Gasteiger partial charge in [0.25, 0.3) is 0 Å². The summed E-state index contributed by atoms with van der Waals surface area (Å²) >= 11 is 0. The van der Waals surface area contributed by atoms with Crippen molar-refractivity contribution >= 4 is 7.75 Å². The standard InChI is InChI=1S/C44H97N6O3P/c1-3-5-7-9-11-13-15-17-19-21-23-25-27-29-31-43-52-54(51,50-42-41-49-40-39-48-38-37-47-36-35-46-34-33-45)53-44-32-30-28-26-24-22-20-18-16-14-12-10-8-6-4-2/h46-49H,3-45H2,1-2H3,(H,50,51). The molecule has 0 aliphatic carbocycles. The van der Waals surface area contributed by atoms with Crippen LogP contribution in [0.4, 0.5) is 0 Å². The molecule has 0 aromatic carbocycles. The quantitative estimate of drug-likeness (QED) is 0.0264. The molecule has 0 aromatic rings. The molecule has 0 saturated heterocycles. The third kappa shape index (κ3) is 44.6. The van der Waals surface area contributed by atoms with E-state index in [-0.39, 0.29) is 0 Å². The minimum Gasteiger partial charge on any atom is -0.329 e. The van der Waals surface area contributed by atoms with Gasteiger partial charge in [-0.05, 0) is 12.8 Å². The van der Waals surface area contributed by atoms with Crippen LogP contribution in [0.2, 0.25) is 0 Å². The molecule has 0 aromatic heterocycles. The van der Waals surface area contributed by atoms with E-state index in [4.69, 9.17) is 14.8 Å². The Morgan fingerprint density at radius 1 is 0.352 bits per heavy atom. The smallest absolute Gasteiger partial charge is 0.329 e. The molecule has 0 saturated carbocycles. The highest BCUT2D eigenvalue weighted by atomic mass is 31.2. The highest BCUT2D eigenvalue weighted by molar-refractivity contribution is 7.51. The Kier molecular flexibility index (Phi) is 47.2. The van der Waals surface area contributed by atoms with Crippen LogP contribution in [0.15, 0.2) is 0 Å². The zero-order valence-corrected chi connectivity index (χ0v) is 37.3. The molecule has 7 N–H and O–H groups in total. The molecule has 0 fully saturated rings. The van der Waals surface area contributed by atoms with Crippen molar-refractivity contribution < 1.29 is 13.6 Å². The summed E-state index contributed by atoms with van der Waals surface area (Å²) in [4.78, 5) is 0. The van der Waals surface area contributed by atoms with Crippen LogP contribution in [0.25, 0.3) is 0 Å². The lowest BCUT2D eigenvalue weighted by atomic mass is 10.0. The summed E-state index contributed by atoms with van der Waals surface area (Å²) in [6.45, 7) is 14.0. The van der Waals surface area contributed by atoms with Crippen LogP contribution in [-0.4, -0.2) is 78.7 Å². The van der Waals surface area contributed by atoms with E-state index in [0.717, 1.165) is 78.0 Å². The van der Waals surface area contributed by atoms with E-state index in [9.17, 15) is 4.57 Å². The summed E-state index contributed by atoms with van der Waals surface area (Å²) in [6.07, 6.45) is 39.9. The predicted octanol–water partition coefficient (Wildman–Crippen LogP) is 10.8. The van der Waals surface area contributed by atoms with Crippen LogP contribution < -0.4 is 32.1 Å². The van der Waals surface area contributed by atoms with Gasteiger partial charge in [0.1, 0.15) is 0 Å². The molecule has 0 heterocycles. The van der Waals surface area contributed by atoms with Gasteiger partial charge in [0.15, 0.2) is 0 Å². The molecule has 0 bridgehead atoms. The van der Waals surface area contributed by atoms with Crippen LogP contribution in [0.5, 0.6) is 0 Å². The van der Waals surface area contributed by atoms with Crippen molar-refractivity contribution in [3.05, 3.63) is 0 Å². The van der Waals surface area contributed by atoms with Gasteiger partial charge < -0.3 is 27.0 Å². The molecule has 0 rings (SSSR count). The molecule has 0 unspecified atom stereocenters. The van der Waals surface area contributed by atoms with Crippen LogP contribution in [0.3, 0.4) is 0 Å². The fourth-order valence-corrected chi connectivity index (χ4v) is 8.24. The molecule has 0 radical (unpaired) electrons. The summed E-state index contributed by atoms with van der Waals surface area (Å²) in [6, 6.07) is 0. The summed E-state index contributed by atoms with van der Waals surface area (Å²) < 4.78 is 25.5. The highest BCUT2D eigenvalue weighted by Crippen LogP contribution is 2.43. The molecular formula is C44H97N6O3P. The van der Waals surface area contributed by atoms with E-state index in [1.807, 2.05) is 0 Å². The van der Waals surface area contributed by atoms with Gasteiger partial charge in [-0.25, -0.2) is 9.65 Å². The number of hydrogen-bond acceptors (Lipinski definition) is 8. The SMILES string of the molecule is CCCCCCCCCCCCCCCCCOP(=O)(NCCNCCNCCNCCNCCN)OCCCCCCCCCCCCCCCCC.